The van der Waals surface area contributed by atoms with Gasteiger partial charge in [-0.1, -0.05) is 62.9 Å². The monoisotopic (exact) mass is 364 g/mol. The highest BCUT2D eigenvalue weighted by molar-refractivity contribution is 6.31. The zero-order valence-corrected chi connectivity index (χ0v) is 16.5. The third-order valence-electron chi connectivity index (χ3n) is 5.42. The summed E-state index contributed by atoms with van der Waals surface area (Å²) in [6.07, 6.45) is 6.76. The van der Waals surface area contributed by atoms with Gasteiger partial charge in [0.1, 0.15) is 0 Å². The number of benzene rings is 1. The molecule has 0 aromatic heterocycles. The molecule has 1 aliphatic rings. The predicted molar refractivity (Wildman–Crippen MR) is 106 cm³/mol. The summed E-state index contributed by atoms with van der Waals surface area (Å²) in [7, 11) is 0. The molecule has 1 fully saturated rings. The minimum atomic E-state index is 0.172. The second kappa shape index (κ2) is 10.8. The van der Waals surface area contributed by atoms with Crippen molar-refractivity contribution in [1.82, 2.24) is 10.2 Å². The average Bonchev–Trinajstić information content (AvgIpc) is 2.64. The Balaban J connectivity index is 1.72. The van der Waals surface area contributed by atoms with Gasteiger partial charge in [-0.05, 0) is 49.9 Å². The number of unbranched alkanes of at least 4 members (excludes halogenated alkanes) is 1. The first-order chi connectivity index (χ1) is 12.1. The average molecular weight is 365 g/mol. The van der Waals surface area contributed by atoms with Gasteiger partial charge in [0.2, 0.25) is 5.91 Å². The van der Waals surface area contributed by atoms with Crippen LogP contribution in [0.3, 0.4) is 0 Å². The molecule has 4 heteroatoms. The van der Waals surface area contributed by atoms with E-state index in [0.717, 1.165) is 50.5 Å². The number of carbonyl (C=O) groups excluding carboxylic acids is 1. The molecule has 1 N–H and O–H groups in total. The minimum Gasteiger partial charge on any atom is -0.356 e. The largest absolute Gasteiger partial charge is 0.356 e. The van der Waals surface area contributed by atoms with Crippen LogP contribution >= 0.6 is 11.6 Å². The summed E-state index contributed by atoms with van der Waals surface area (Å²) in [6.45, 7) is 8.10. The SMILES string of the molecule is CCCC[C@H](CC)CNC(=O)C1CCN(Cc2ccccc2Cl)CC1. The van der Waals surface area contributed by atoms with Crippen molar-refractivity contribution < 1.29 is 4.79 Å². The van der Waals surface area contributed by atoms with Crippen molar-refractivity contribution in [2.24, 2.45) is 11.8 Å². The molecule has 1 atom stereocenters. The van der Waals surface area contributed by atoms with Gasteiger partial charge >= 0.3 is 0 Å². The van der Waals surface area contributed by atoms with E-state index in [-0.39, 0.29) is 11.8 Å². The molecule has 1 aromatic rings. The summed E-state index contributed by atoms with van der Waals surface area (Å²) in [5.41, 5.74) is 1.17. The van der Waals surface area contributed by atoms with Crippen molar-refractivity contribution in [3.05, 3.63) is 34.9 Å². The van der Waals surface area contributed by atoms with Crippen LogP contribution in [0.25, 0.3) is 0 Å². The minimum absolute atomic E-state index is 0.172. The molecule has 0 spiro atoms. The van der Waals surface area contributed by atoms with E-state index < -0.39 is 0 Å². The molecule has 1 saturated heterocycles. The molecule has 140 valence electrons. The van der Waals surface area contributed by atoms with Crippen LogP contribution < -0.4 is 5.32 Å². The molecular formula is C21H33ClN2O. The maximum Gasteiger partial charge on any atom is 0.223 e. The highest BCUT2D eigenvalue weighted by Gasteiger charge is 2.25. The number of amides is 1. The second-order valence-corrected chi connectivity index (χ2v) is 7.71. The summed E-state index contributed by atoms with van der Waals surface area (Å²) in [6, 6.07) is 8.03. The summed E-state index contributed by atoms with van der Waals surface area (Å²) < 4.78 is 0. The molecule has 25 heavy (non-hydrogen) atoms. The van der Waals surface area contributed by atoms with Crippen molar-refractivity contribution in [1.29, 1.82) is 0 Å². The summed E-state index contributed by atoms with van der Waals surface area (Å²) >= 11 is 6.25. The molecule has 1 heterocycles. The zero-order valence-electron chi connectivity index (χ0n) is 15.8. The van der Waals surface area contributed by atoms with Gasteiger partial charge in [0.25, 0.3) is 0 Å². The third kappa shape index (κ3) is 6.63. The topological polar surface area (TPSA) is 32.3 Å². The number of nitrogens with zero attached hydrogens (tertiary/aromatic N) is 1. The third-order valence-corrected chi connectivity index (χ3v) is 5.79. The smallest absolute Gasteiger partial charge is 0.223 e. The van der Waals surface area contributed by atoms with Gasteiger partial charge in [0.15, 0.2) is 0 Å². The molecule has 3 nitrogen and oxygen atoms in total. The van der Waals surface area contributed by atoms with Gasteiger partial charge in [-0.15, -0.1) is 0 Å². The van der Waals surface area contributed by atoms with Crippen LogP contribution in [0.1, 0.15) is 57.9 Å². The van der Waals surface area contributed by atoms with Gasteiger partial charge in [-0.2, -0.15) is 0 Å². The Morgan fingerprint density at radius 3 is 2.64 bits per heavy atom. The lowest BCUT2D eigenvalue weighted by Crippen LogP contribution is -2.41. The molecular weight excluding hydrogens is 332 g/mol. The maximum atomic E-state index is 12.5. The lowest BCUT2D eigenvalue weighted by Gasteiger charge is -2.31. The second-order valence-electron chi connectivity index (χ2n) is 7.30. The summed E-state index contributed by atoms with van der Waals surface area (Å²) in [5, 5.41) is 4.04. The molecule has 0 radical (unpaired) electrons. The quantitative estimate of drug-likeness (QED) is 0.676. The first-order valence-electron chi connectivity index (χ1n) is 9.87. The summed E-state index contributed by atoms with van der Waals surface area (Å²) in [5.74, 6) is 1.06. The van der Waals surface area contributed by atoms with Crippen LogP contribution in [-0.2, 0) is 11.3 Å². The lowest BCUT2D eigenvalue weighted by molar-refractivity contribution is -0.126. The van der Waals surface area contributed by atoms with Crippen LogP contribution in [0.5, 0.6) is 0 Å². The number of halogens is 1. The van der Waals surface area contributed by atoms with E-state index in [2.05, 4.69) is 30.1 Å². The fourth-order valence-electron chi connectivity index (χ4n) is 3.55. The molecule has 1 aliphatic heterocycles. The van der Waals surface area contributed by atoms with Crippen molar-refractivity contribution in [3.63, 3.8) is 0 Å². The van der Waals surface area contributed by atoms with E-state index in [0.29, 0.717) is 5.92 Å². The van der Waals surface area contributed by atoms with Gasteiger partial charge in [0.05, 0.1) is 0 Å². The van der Waals surface area contributed by atoms with Crippen LogP contribution in [0.15, 0.2) is 24.3 Å². The van der Waals surface area contributed by atoms with E-state index >= 15 is 0 Å². The molecule has 0 saturated carbocycles. The summed E-state index contributed by atoms with van der Waals surface area (Å²) in [4.78, 5) is 14.9. The van der Waals surface area contributed by atoms with Crippen LogP contribution in [0, 0.1) is 11.8 Å². The molecule has 0 unspecified atom stereocenters. The molecule has 2 rings (SSSR count). The lowest BCUT2D eigenvalue weighted by atomic mass is 9.94. The molecule has 0 aliphatic carbocycles. The van der Waals surface area contributed by atoms with E-state index in [1.54, 1.807) is 0 Å². The van der Waals surface area contributed by atoms with Crippen molar-refractivity contribution in [2.75, 3.05) is 19.6 Å². The van der Waals surface area contributed by atoms with Crippen molar-refractivity contribution >= 4 is 17.5 Å². The number of hydrogen-bond donors (Lipinski definition) is 1. The van der Waals surface area contributed by atoms with E-state index in [4.69, 9.17) is 11.6 Å². The molecule has 1 aromatic carbocycles. The fourth-order valence-corrected chi connectivity index (χ4v) is 3.75. The van der Waals surface area contributed by atoms with E-state index in [1.165, 1.54) is 24.8 Å². The Bertz CT molecular complexity index is 526. The zero-order chi connectivity index (χ0) is 18.1. The fraction of sp³-hybridized carbons (Fsp3) is 0.667. The maximum absolute atomic E-state index is 12.5. The number of carbonyl (C=O) groups is 1. The normalized spacial score (nSPS) is 17.4. The Labute approximate surface area is 158 Å². The van der Waals surface area contributed by atoms with Gasteiger partial charge in [-0.25, -0.2) is 0 Å². The number of nitrogens with one attached hydrogen (secondary N) is 1. The standard InChI is InChI=1S/C21H33ClN2O/c1-3-5-8-17(4-2)15-23-21(25)18-11-13-24(14-12-18)16-19-9-6-7-10-20(19)22/h6-7,9-10,17-18H,3-5,8,11-16H2,1-2H3,(H,23,25)/t17-/m0/s1. The molecule has 0 bridgehead atoms. The first kappa shape index (κ1) is 20.3. The number of piperidine rings is 1. The predicted octanol–water partition coefficient (Wildman–Crippen LogP) is 4.88. The highest BCUT2D eigenvalue weighted by atomic mass is 35.5. The first-order valence-corrected chi connectivity index (χ1v) is 10.2. The highest BCUT2D eigenvalue weighted by Crippen LogP contribution is 2.22. The Kier molecular flexibility index (Phi) is 8.77. The molecule has 1 amide bonds. The number of likely N-dealkylation sites (tertiary alicyclic amines) is 1. The Morgan fingerprint density at radius 1 is 1.28 bits per heavy atom. The van der Waals surface area contributed by atoms with E-state index in [9.17, 15) is 4.79 Å². The van der Waals surface area contributed by atoms with E-state index in [1.807, 2.05) is 18.2 Å². The number of rotatable bonds is 9. The van der Waals surface area contributed by atoms with Crippen LogP contribution in [0.2, 0.25) is 5.02 Å². The van der Waals surface area contributed by atoms with Crippen molar-refractivity contribution in [3.8, 4) is 0 Å². The van der Waals surface area contributed by atoms with Crippen molar-refractivity contribution in [2.45, 2.75) is 58.9 Å². The number of hydrogen-bond acceptors (Lipinski definition) is 2. The van der Waals surface area contributed by atoms with Gasteiger partial charge in [-0.3, -0.25) is 9.69 Å². The van der Waals surface area contributed by atoms with Gasteiger partial charge < -0.3 is 5.32 Å². The Hall–Kier alpha value is -1.06. The van der Waals surface area contributed by atoms with Crippen LogP contribution in [-0.4, -0.2) is 30.4 Å². The Morgan fingerprint density at radius 2 is 2.00 bits per heavy atom. The van der Waals surface area contributed by atoms with Crippen LogP contribution in [0.4, 0.5) is 0 Å². The van der Waals surface area contributed by atoms with Gasteiger partial charge in [0, 0.05) is 24.0 Å².